The number of aromatic nitrogens is 2. The van der Waals surface area contributed by atoms with E-state index in [1.54, 1.807) is 0 Å². The molecular formula is C8H6N2O4. The molecule has 1 N–H and O–H groups in total. The molecule has 0 amide bonds. The number of nitrogens with zero attached hydrogens (tertiary/aromatic N) is 2. The number of carboxylic acid groups (broad SMARTS) is 1. The predicted molar refractivity (Wildman–Crippen MR) is 43.0 cm³/mol. The van der Waals surface area contributed by atoms with E-state index in [1.807, 2.05) is 0 Å². The Morgan fingerprint density at radius 2 is 1.93 bits per heavy atom. The van der Waals surface area contributed by atoms with Crippen LogP contribution in [0.25, 0.3) is 0 Å². The average molecular weight is 194 g/mol. The Labute approximate surface area is 78.8 Å². The van der Waals surface area contributed by atoms with Gasteiger partial charge in [0.1, 0.15) is 12.5 Å². The molecule has 0 unspecified atom stereocenters. The Morgan fingerprint density at radius 1 is 1.29 bits per heavy atom. The molecule has 6 heteroatoms. The molecule has 2 heterocycles. The van der Waals surface area contributed by atoms with Gasteiger partial charge in [0, 0.05) is 12.4 Å². The number of rotatable bonds is 2. The van der Waals surface area contributed by atoms with Crippen LogP contribution in [0.2, 0.25) is 0 Å². The number of carboxylic acids is 1. The zero-order valence-corrected chi connectivity index (χ0v) is 6.95. The molecule has 0 atom stereocenters. The SMILES string of the molecule is O=C(O)c1nccnc1C1OC=CO1. The second kappa shape index (κ2) is 3.33. The van der Waals surface area contributed by atoms with Crippen molar-refractivity contribution >= 4 is 5.97 Å². The molecule has 14 heavy (non-hydrogen) atoms. The monoisotopic (exact) mass is 194 g/mol. The molecule has 6 nitrogen and oxygen atoms in total. The summed E-state index contributed by atoms with van der Waals surface area (Å²) in [5.74, 6) is -1.16. The summed E-state index contributed by atoms with van der Waals surface area (Å²) in [6.45, 7) is 0. The van der Waals surface area contributed by atoms with Crippen LogP contribution in [0.15, 0.2) is 24.9 Å². The number of hydrogen-bond acceptors (Lipinski definition) is 5. The van der Waals surface area contributed by atoms with Gasteiger partial charge in [0.2, 0.25) is 0 Å². The van der Waals surface area contributed by atoms with E-state index in [0.29, 0.717) is 0 Å². The quantitative estimate of drug-likeness (QED) is 0.745. The zero-order chi connectivity index (χ0) is 9.97. The summed E-state index contributed by atoms with van der Waals surface area (Å²) in [6, 6.07) is 0. The predicted octanol–water partition coefficient (Wildman–Crippen LogP) is 0.691. The average Bonchev–Trinajstić information content (AvgIpc) is 2.70. The first-order valence-corrected chi connectivity index (χ1v) is 3.79. The first kappa shape index (κ1) is 8.49. The second-order valence-electron chi connectivity index (χ2n) is 2.47. The molecule has 0 saturated carbocycles. The maximum absolute atomic E-state index is 10.7. The van der Waals surface area contributed by atoms with E-state index in [0.717, 1.165) is 0 Å². The van der Waals surface area contributed by atoms with Gasteiger partial charge in [0.15, 0.2) is 11.4 Å². The third-order valence-electron chi connectivity index (χ3n) is 1.61. The number of ether oxygens (including phenoxy) is 2. The Morgan fingerprint density at radius 3 is 2.57 bits per heavy atom. The maximum atomic E-state index is 10.7. The molecule has 1 aromatic heterocycles. The van der Waals surface area contributed by atoms with Crippen molar-refractivity contribution < 1.29 is 19.4 Å². The fourth-order valence-corrected chi connectivity index (χ4v) is 1.05. The molecule has 0 fully saturated rings. The largest absolute Gasteiger partial charge is 0.476 e. The smallest absolute Gasteiger partial charge is 0.356 e. The van der Waals surface area contributed by atoms with E-state index in [9.17, 15) is 4.79 Å². The molecule has 0 saturated heterocycles. The van der Waals surface area contributed by atoms with Gasteiger partial charge in [-0.1, -0.05) is 0 Å². The summed E-state index contributed by atoms with van der Waals surface area (Å²) in [5.41, 5.74) is -0.00815. The Balaban J connectivity index is 2.36. The molecule has 2 rings (SSSR count). The Kier molecular flexibility index (Phi) is 2.02. The van der Waals surface area contributed by atoms with Crippen LogP contribution in [0.5, 0.6) is 0 Å². The first-order valence-electron chi connectivity index (χ1n) is 3.79. The summed E-state index contributed by atoms with van der Waals surface area (Å²) in [4.78, 5) is 18.3. The van der Waals surface area contributed by atoms with E-state index in [1.165, 1.54) is 24.9 Å². The third-order valence-corrected chi connectivity index (χ3v) is 1.61. The number of carbonyl (C=O) groups is 1. The van der Waals surface area contributed by atoms with Gasteiger partial charge in [-0.15, -0.1) is 0 Å². The van der Waals surface area contributed by atoms with Crippen LogP contribution >= 0.6 is 0 Å². The van der Waals surface area contributed by atoms with Crippen LogP contribution < -0.4 is 0 Å². The van der Waals surface area contributed by atoms with Crippen molar-refractivity contribution in [2.75, 3.05) is 0 Å². The molecule has 0 aromatic carbocycles. The van der Waals surface area contributed by atoms with Crippen molar-refractivity contribution in [3.8, 4) is 0 Å². The lowest BCUT2D eigenvalue weighted by Gasteiger charge is -2.10. The highest BCUT2D eigenvalue weighted by Crippen LogP contribution is 2.23. The highest BCUT2D eigenvalue weighted by atomic mass is 16.7. The fraction of sp³-hybridized carbons (Fsp3) is 0.125. The van der Waals surface area contributed by atoms with E-state index in [2.05, 4.69) is 9.97 Å². The lowest BCUT2D eigenvalue weighted by atomic mass is 10.3. The fourth-order valence-electron chi connectivity index (χ4n) is 1.05. The molecule has 0 bridgehead atoms. The first-order chi connectivity index (χ1) is 6.79. The topological polar surface area (TPSA) is 81.5 Å². The molecule has 0 spiro atoms. The van der Waals surface area contributed by atoms with E-state index in [4.69, 9.17) is 14.6 Å². The van der Waals surface area contributed by atoms with Gasteiger partial charge in [-0.2, -0.15) is 0 Å². The molecule has 1 aliphatic heterocycles. The van der Waals surface area contributed by atoms with Crippen LogP contribution in [0.4, 0.5) is 0 Å². The maximum Gasteiger partial charge on any atom is 0.356 e. The zero-order valence-electron chi connectivity index (χ0n) is 6.95. The lowest BCUT2D eigenvalue weighted by molar-refractivity contribution is -0.0292. The lowest BCUT2D eigenvalue weighted by Crippen LogP contribution is -2.12. The van der Waals surface area contributed by atoms with Crippen LogP contribution in [-0.2, 0) is 9.47 Å². The minimum absolute atomic E-state index is 0.157. The van der Waals surface area contributed by atoms with Gasteiger partial charge in [-0.25, -0.2) is 14.8 Å². The van der Waals surface area contributed by atoms with Crippen molar-refractivity contribution in [1.29, 1.82) is 0 Å². The van der Waals surface area contributed by atoms with Crippen molar-refractivity contribution in [3.05, 3.63) is 36.3 Å². The number of hydrogen-bond donors (Lipinski definition) is 1. The molecule has 72 valence electrons. The van der Waals surface area contributed by atoms with Gasteiger partial charge >= 0.3 is 5.97 Å². The Bertz CT molecular complexity index is 383. The standard InChI is InChI=1S/C8H6N2O4/c11-7(12)5-6(10-2-1-9-5)8-13-3-4-14-8/h1-4,8H,(H,11,12). The van der Waals surface area contributed by atoms with Crippen molar-refractivity contribution in [2.24, 2.45) is 0 Å². The van der Waals surface area contributed by atoms with Gasteiger partial charge in [0.25, 0.3) is 6.29 Å². The minimum Gasteiger partial charge on any atom is -0.476 e. The molecule has 1 aromatic rings. The Hall–Kier alpha value is -2.11. The molecule has 1 aliphatic rings. The van der Waals surface area contributed by atoms with Gasteiger partial charge in [-0.05, 0) is 0 Å². The summed E-state index contributed by atoms with van der Waals surface area (Å²) in [7, 11) is 0. The van der Waals surface area contributed by atoms with Gasteiger partial charge in [0.05, 0.1) is 0 Å². The van der Waals surface area contributed by atoms with Crippen molar-refractivity contribution in [3.63, 3.8) is 0 Å². The molecular weight excluding hydrogens is 188 g/mol. The summed E-state index contributed by atoms with van der Waals surface area (Å²) >= 11 is 0. The second-order valence-corrected chi connectivity index (χ2v) is 2.47. The van der Waals surface area contributed by atoms with Crippen LogP contribution in [0.3, 0.4) is 0 Å². The van der Waals surface area contributed by atoms with Crippen molar-refractivity contribution in [2.45, 2.75) is 6.29 Å². The van der Waals surface area contributed by atoms with Crippen molar-refractivity contribution in [1.82, 2.24) is 9.97 Å². The minimum atomic E-state index is -1.16. The van der Waals surface area contributed by atoms with Crippen LogP contribution in [0.1, 0.15) is 22.5 Å². The summed E-state index contributed by atoms with van der Waals surface area (Å²) < 4.78 is 9.92. The van der Waals surface area contributed by atoms with E-state index in [-0.39, 0.29) is 11.4 Å². The van der Waals surface area contributed by atoms with E-state index >= 15 is 0 Å². The molecule has 0 radical (unpaired) electrons. The highest BCUT2D eigenvalue weighted by molar-refractivity contribution is 5.86. The summed E-state index contributed by atoms with van der Waals surface area (Å²) in [5, 5.41) is 8.79. The van der Waals surface area contributed by atoms with Crippen LogP contribution in [-0.4, -0.2) is 21.0 Å². The van der Waals surface area contributed by atoms with Gasteiger partial charge in [-0.3, -0.25) is 0 Å². The van der Waals surface area contributed by atoms with Crippen LogP contribution in [0, 0.1) is 0 Å². The number of aromatic carboxylic acids is 1. The highest BCUT2D eigenvalue weighted by Gasteiger charge is 2.25. The third kappa shape index (κ3) is 1.37. The normalized spacial score (nSPS) is 14.9. The molecule has 0 aliphatic carbocycles. The van der Waals surface area contributed by atoms with E-state index < -0.39 is 12.3 Å². The summed E-state index contributed by atoms with van der Waals surface area (Å²) in [6.07, 6.45) is 4.52. The van der Waals surface area contributed by atoms with Gasteiger partial charge < -0.3 is 14.6 Å².